The Morgan fingerprint density at radius 2 is 1.82 bits per heavy atom. The highest BCUT2D eigenvalue weighted by molar-refractivity contribution is 5.44. The Morgan fingerprint density at radius 1 is 1.24 bits per heavy atom. The summed E-state index contributed by atoms with van der Waals surface area (Å²) in [5.74, 6) is 0.855. The van der Waals surface area contributed by atoms with Gasteiger partial charge in [0.15, 0.2) is 11.5 Å². The molecule has 0 radical (unpaired) electrons. The first kappa shape index (κ1) is 13.6. The zero-order chi connectivity index (χ0) is 12.8. The molecule has 0 saturated carbocycles. The zero-order valence-corrected chi connectivity index (χ0v) is 10.8. The van der Waals surface area contributed by atoms with Crippen LogP contribution in [0.4, 0.5) is 4.39 Å². The van der Waals surface area contributed by atoms with Crippen LogP contribution in [0.25, 0.3) is 0 Å². The topological polar surface area (TPSA) is 18.5 Å². The van der Waals surface area contributed by atoms with Gasteiger partial charge in [-0.1, -0.05) is 19.1 Å². The maximum Gasteiger partial charge on any atom is 0.163 e. The monoisotopic (exact) mass is 238 g/mol. The Morgan fingerprint density at radius 3 is 2.35 bits per heavy atom. The Hall–Kier alpha value is -1.51. The van der Waals surface area contributed by atoms with Gasteiger partial charge in [0.1, 0.15) is 5.82 Å². The van der Waals surface area contributed by atoms with Gasteiger partial charge in [-0.2, -0.15) is 0 Å². The van der Waals surface area contributed by atoms with E-state index in [0.717, 1.165) is 6.42 Å². The van der Waals surface area contributed by atoms with Crippen LogP contribution in [0, 0.1) is 5.82 Å². The number of rotatable bonds is 5. The summed E-state index contributed by atoms with van der Waals surface area (Å²) in [4.78, 5) is 0. The van der Waals surface area contributed by atoms with Crippen LogP contribution < -0.4 is 9.47 Å². The van der Waals surface area contributed by atoms with Crippen molar-refractivity contribution in [2.75, 3.05) is 14.2 Å². The summed E-state index contributed by atoms with van der Waals surface area (Å²) >= 11 is 0. The summed E-state index contributed by atoms with van der Waals surface area (Å²) < 4.78 is 24.1. The molecule has 94 valence electrons. The van der Waals surface area contributed by atoms with Crippen LogP contribution in [0.1, 0.15) is 31.7 Å². The van der Waals surface area contributed by atoms with E-state index < -0.39 is 0 Å². The molecule has 3 heteroatoms. The lowest BCUT2D eigenvalue weighted by Crippen LogP contribution is -2.00. The highest BCUT2D eigenvalue weighted by Gasteiger charge is 2.15. The van der Waals surface area contributed by atoms with Gasteiger partial charge in [-0.05, 0) is 30.9 Å². The Bertz CT molecular complexity index is 399. The third kappa shape index (κ3) is 3.22. The van der Waals surface area contributed by atoms with Crippen molar-refractivity contribution in [3.8, 4) is 11.5 Å². The van der Waals surface area contributed by atoms with Gasteiger partial charge in [-0.25, -0.2) is 4.39 Å². The van der Waals surface area contributed by atoms with E-state index in [0.29, 0.717) is 17.1 Å². The number of hydrogen-bond donors (Lipinski definition) is 0. The lowest BCUT2D eigenvalue weighted by molar-refractivity contribution is 0.351. The molecule has 1 aromatic carbocycles. The molecule has 1 unspecified atom stereocenters. The molecule has 0 aliphatic heterocycles. The van der Waals surface area contributed by atoms with Gasteiger partial charge in [0.25, 0.3) is 0 Å². The molecule has 2 nitrogen and oxygen atoms in total. The van der Waals surface area contributed by atoms with Crippen LogP contribution in [0.2, 0.25) is 0 Å². The van der Waals surface area contributed by atoms with Crippen LogP contribution in [0.3, 0.4) is 0 Å². The molecule has 0 fully saturated rings. The van der Waals surface area contributed by atoms with E-state index in [-0.39, 0.29) is 11.7 Å². The predicted molar refractivity (Wildman–Crippen MR) is 67.4 cm³/mol. The van der Waals surface area contributed by atoms with E-state index in [1.165, 1.54) is 13.2 Å². The first-order valence-electron chi connectivity index (χ1n) is 5.66. The van der Waals surface area contributed by atoms with Gasteiger partial charge in [0.2, 0.25) is 0 Å². The van der Waals surface area contributed by atoms with Crippen LogP contribution in [-0.4, -0.2) is 14.2 Å². The largest absolute Gasteiger partial charge is 0.493 e. The summed E-state index contributed by atoms with van der Waals surface area (Å²) in [5.41, 5.74) is 0.653. The quantitative estimate of drug-likeness (QED) is 0.724. The summed E-state index contributed by atoms with van der Waals surface area (Å²) in [5, 5.41) is 0. The minimum Gasteiger partial charge on any atom is -0.493 e. The number of ether oxygens (including phenoxy) is 2. The van der Waals surface area contributed by atoms with Crippen LogP contribution in [-0.2, 0) is 0 Å². The number of hydrogen-bond acceptors (Lipinski definition) is 2. The molecule has 1 rings (SSSR count). The third-order valence-electron chi connectivity index (χ3n) is 2.76. The van der Waals surface area contributed by atoms with Gasteiger partial charge in [-0.15, -0.1) is 0 Å². The summed E-state index contributed by atoms with van der Waals surface area (Å²) in [6, 6.07) is 3.09. The van der Waals surface area contributed by atoms with Crippen molar-refractivity contribution in [3.63, 3.8) is 0 Å². The number of allylic oxidation sites excluding steroid dienone is 2. The van der Waals surface area contributed by atoms with Crippen molar-refractivity contribution in [1.82, 2.24) is 0 Å². The zero-order valence-electron chi connectivity index (χ0n) is 10.8. The second kappa shape index (κ2) is 6.28. The van der Waals surface area contributed by atoms with Crippen molar-refractivity contribution in [3.05, 3.63) is 35.7 Å². The molecular formula is C14H19FO2. The van der Waals surface area contributed by atoms with Gasteiger partial charge >= 0.3 is 0 Å². The smallest absolute Gasteiger partial charge is 0.163 e. The molecule has 0 aliphatic carbocycles. The molecule has 0 N–H and O–H groups in total. The van der Waals surface area contributed by atoms with E-state index in [9.17, 15) is 4.39 Å². The lowest BCUT2D eigenvalue weighted by atomic mass is 9.96. The van der Waals surface area contributed by atoms with Crippen molar-refractivity contribution in [2.24, 2.45) is 0 Å². The van der Waals surface area contributed by atoms with Gasteiger partial charge in [0.05, 0.1) is 14.2 Å². The highest BCUT2D eigenvalue weighted by atomic mass is 19.1. The van der Waals surface area contributed by atoms with E-state index in [1.54, 1.807) is 13.2 Å². The van der Waals surface area contributed by atoms with E-state index in [2.05, 4.69) is 0 Å². The molecule has 1 atom stereocenters. The normalized spacial score (nSPS) is 12.8. The minimum absolute atomic E-state index is 0.117. The van der Waals surface area contributed by atoms with Crippen molar-refractivity contribution in [1.29, 1.82) is 0 Å². The van der Waals surface area contributed by atoms with Crippen LogP contribution in [0.15, 0.2) is 24.3 Å². The standard InChI is InChI=1S/C14H19FO2/c1-5-6-7-10(2)11-8-13(16-3)14(17-4)9-12(11)15/h5-6,8-10H,7H2,1-4H3/b6-5-. The van der Waals surface area contributed by atoms with E-state index in [4.69, 9.17) is 9.47 Å². The fourth-order valence-corrected chi connectivity index (χ4v) is 1.71. The number of halogens is 1. The summed E-state index contributed by atoms with van der Waals surface area (Å²) in [6.07, 6.45) is 4.80. The Labute approximate surface area is 102 Å². The first-order valence-corrected chi connectivity index (χ1v) is 5.66. The van der Waals surface area contributed by atoms with E-state index >= 15 is 0 Å². The average molecular weight is 238 g/mol. The summed E-state index contributed by atoms with van der Waals surface area (Å²) in [7, 11) is 3.05. The molecule has 17 heavy (non-hydrogen) atoms. The SMILES string of the molecule is C/C=C\CC(C)c1cc(OC)c(OC)cc1F. The molecule has 0 bridgehead atoms. The second-order valence-electron chi connectivity index (χ2n) is 3.93. The molecule has 0 aliphatic rings. The van der Waals surface area contributed by atoms with Crippen molar-refractivity contribution >= 4 is 0 Å². The van der Waals surface area contributed by atoms with Gasteiger partial charge in [0, 0.05) is 6.07 Å². The minimum atomic E-state index is -0.250. The molecule has 0 saturated heterocycles. The Kier molecular flexibility index (Phi) is 5.01. The maximum atomic E-state index is 13.9. The second-order valence-corrected chi connectivity index (χ2v) is 3.93. The van der Waals surface area contributed by atoms with Crippen molar-refractivity contribution < 1.29 is 13.9 Å². The van der Waals surface area contributed by atoms with Gasteiger partial charge in [-0.3, -0.25) is 0 Å². The van der Waals surface area contributed by atoms with Crippen molar-refractivity contribution in [2.45, 2.75) is 26.2 Å². The lowest BCUT2D eigenvalue weighted by Gasteiger charge is -2.14. The molecule has 0 spiro atoms. The molecule has 0 heterocycles. The summed E-state index contributed by atoms with van der Waals surface area (Å²) in [6.45, 7) is 3.95. The Balaban J connectivity index is 3.07. The number of benzene rings is 1. The molecule has 0 amide bonds. The van der Waals surface area contributed by atoms with Gasteiger partial charge < -0.3 is 9.47 Å². The highest BCUT2D eigenvalue weighted by Crippen LogP contribution is 2.34. The van der Waals surface area contributed by atoms with Crippen LogP contribution >= 0.6 is 0 Å². The first-order chi connectivity index (χ1) is 8.13. The van der Waals surface area contributed by atoms with Crippen LogP contribution in [0.5, 0.6) is 11.5 Å². The maximum absolute atomic E-state index is 13.9. The molecule has 0 aromatic heterocycles. The predicted octanol–water partition coefficient (Wildman–Crippen LogP) is 3.91. The molecular weight excluding hydrogens is 219 g/mol. The molecule has 1 aromatic rings. The number of methoxy groups -OCH3 is 2. The third-order valence-corrected chi connectivity index (χ3v) is 2.76. The fourth-order valence-electron chi connectivity index (χ4n) is 1.71. The average Bonchev–Trinajstić information content (AvgIpc) is 2.35. The fraction of sp³-hybridized carbons (Fsp3) is 0.429. The van der Waals surface area contributed by atoms with E-state index in [1.807, 2.05) is 26.0 Å².